The zero-order valence-electron chi connectivity index (χ0n) is 12.0. The Balaban J connectivity index is 1.83. The van der Waals surface area contributed by atoms with E-state index in [4.69, 9.17) is 0 Å². The van der Waals surface area contributed by atoms with Gasteiger partial charge in [-0.1, -0.05) is 0 Å². The second-order valence-corrected chi connectivity index (χ2v) is 5.93. The van der Waals surface area contributed by atoms with Crippen LogP contribution in [0, 0.1) is 5.82 Å². The molecule has 0 bridgehead atoms. The van der Waals surface area contributed by atoms with E-state index in [1.54, 1.807) is 0 Å². The van der Waals surface area contributed by atoms with E-state index in [-0.39, 0.29) is 23.3 Å². The van der Waals surface area contributed by atoms with E-state index in [0.29, 0.717) is 12.6 Å². The molecule has 2 aliphatic rings. The van der Waals surface area contributed by atoms with Gasteiger partial charge in [0.2, 0.25) is 0 Å². The lowest BCUT2D eigenvalue weighted by Crippen LogP contribution is -2.52. The van der Waals surface area contributed by atoms with E-state index in [1.165, 1.54) is 12.1 Å². The SMILES string of the molecule is O=C(c1ccc(O)cc1F)N1CCCCC1C1CCCN1. The zero-order valence-corrected chi connectivity index (χ0v) is 12.0. The second kappa shape index (κ2) is 6.02. The molecule has 0 aromatic heterocycles. The number of phenolic OH excluding ortho intramolecular Hbond substituents is 1. The van der Waals surface area contributed by atoms with Crippen molar-refractivity contribution in [3.63, 3.8) is 0 Å². The number of piperidine rings is 1. The van der Waals surface area contributed by atoms with E-state index in [2.05, 4.69) is 5.32 Å². The molecule has 114 valence electrons. The van der Waals surface area contributed by atoms with Gasteiger partial charge in [-0.3, -0.25) is 4.79 Å². The van der Waals surface area contributed by atoms with Gasteiger partial charge in [-0.05, 0) is 50.8 Å². The normalized spacial score (nSPS) is 26.0. The molecule has 0 radical (unpaired) electrons. The van der Waals surface area contributed by atoms with Gasteiger partial charge in [0.1, 0.15) is 11.6 Å². The minimum Gasteiger partial charge on any atom is -0.508 e. The summed E-state index contributed by atoms with van der Waals surface area (Å²) in [5, 5.41) is 12.7. The number of benzene rings is 1. The number of nitrogens with zero attached hydrogens (tertiary/aromatic N) is 1. The summed E-state index contributed by atoms with van der Waals surface area (Å²) in [6, 6.07) is 4.22. The molecule has 2 unspecified atom stereocenters. The summed E-state index contributed by atoms with van der Waals surface area (Å²) >= 11 is 0. The number of hydrogen-bond acceptors (Lipinski definition) is 3. The first kappa shape index (κ1) is 14.3. The third-order valence-corrected chi connectivity index (χ3v) is 4.56. The largest absolute Gasteiger partial charge is 0.508 e. The predicted octanol–water partition coefficient (Wildman–Crippen LogP) is 2.28. The molecule has 2 N–H and O–H groups in total. The molecule has 4 nitrogen and oxygen atoms in total. The fourth-order valence-electron chi connectivity index (χ4n) is 3.50. The Morgan fingerprint density at radius 1 is 1.29 bits per heavy atom. The number of amides is 1. The summed E-state index contributed by atoms with van der Waals surface area (Å²) < 4.78 is 13.9. The van der Waals surface area contributed by atoms with Crippen molar-refractivity contribution < 1.29 is 14.3 Å². The minimum absolute atomic E-state index is 0.0534. The van der Waals surface area contributed by atoms with Crippen molar-refractivity contribution in [2.75, 3.05) is 13.1 Å². The highest BCUT2D eigenvalue weighted by Gasteiger charge is 2.35. The number of halogens is 1. The van der Waals surface area contributed by atoms with Crippen molar-refractivity contribution in [2.45, 2.75) is 44.2 Å². The van der Waals surface area contributed by atoms with Gasteiger partial charge in [0, 0.05) is 24.7 Å². The topological polar surface area (TPSA) is 52.6 Å². The summed E-state index contributed by atoms with van der Waals surface area (Å²) in [5.41, 5.74) is 0.0534. The third-order valence-electron chi connectivity index (χ3n) is 4.56. The van der Waals surface area contributed by atoms with Crippen molar-refractivity contribution in [2.24, 2.45) is 0 Å². The van der Waals surface area contributed by atoms with Crippen LogP contribution in [-0.2, 0) is 0 Å². The quantitative estimate of drug-likeness (QED) is 0.879. The van der Waals surface area contributed by atoms with E-state index >= 15 is 0 Å². The van der Waals surface area contributed by atoms with Crippen molar-refractivity contribution in [1.29, 1.82) is 0 Å². The van der Waals surface area contributed by atoms with Gasteiger partial charge in [0.15, 0.2) is 0 Å². The lowest BCUT2D eigenvalue weighted by Gasteiger charge is -2.39. The highest BCUT2D eigenvalue weighted by atomic mass is 19.1. The number of carbonyl (C=O) groups is 1. The van der Waals surface area contributed by atoms with Gasteiger partial charge in [-0.2, -0.15) is 0 Å². The van der Waals surface area contributed by atoms with Crippen LogP contribution in [0.2, 0.25) is 0 Å². The van der Waals surface area contributed by atoms with E-state index < -0.39 is 5.82 Å². The lowest BCUT2D eigenvalue weighted by atomic mass is 9.93. The van der Waals surface area contributed by atoms with E-state index in [1.807, 2.05) is 4.90 Å². The van der Waals surface area contributed by atoms with Gasteiger partial charge in [0.25, 0.3) is 5.91 Å². The molecular weight excluding hydrogens is 271 g/mol. The smallest absolute Gasteiger partial charge is 0.257 e. The summed E-state index contributed by atoms with van der Waals surface area (Å²) in [6.45, 7) is 1.68. The molecule has 2 fully saturated rings. The van der Waals surface area contributed by atoms with E-state index in [0.717, 1.165) is 44.7 Å². The maximum atomic E-state index is 13.9. The number of carbonyl (C=O) groups excluding carboxylic acids is 1. The highest BCUT2D eigenvalue weighted by Crippen LogP contribution is 2.27. The number of aromatic hydroxyl groups is 1. The molecule has 3 rings (SSSR count). The van der Waals surface area contributed by atoms with Crippen LogP contribution in [-0.4, -0.2) is 41.1 Å². The zero-order chi connectivity index (χ0) is 14.8. The molecule has 2 saturated heterocycles. The number of nitrogens with one attached hydrogen (secondary N) is 1. The average molecular weight is 292 g/mol. The lowest BCUT2D eigenvalue weighted by molar-refractivity contribution is 0.0559. The molecule has 2 heterocycles. The van der Waals surface area contributed by atoms with E-state index in [9.17, 15) is 14.3 Å². The number of likely N-dealkylation sites (tertiary alicyclic amines) is 1. The van der Waals surface area contributed by atoms with Gasteiger partial charge in [-0.25, -0.2) is 4.39 Å². The highest BCUT2D eigenvalue weighted by molar-refractivity contribution is 5.95. The van der Waals surface area contributed by atoms with Crippen molar-refractivity contribution in [3.05, 3.63) is 29.6 Å². The Morgan fingerprint density at radius 2 is 2.14 bits per heavy atom. The predicted molar refractivity (Wildman–Crippen MR) is 77.8 cm³/mol. The van der Waals surface area contributed by atoms with Crippen LogP contribution in [0.5, 0.6) is 5.75 Å². The Labute approximate surface area is 124 Å². The Kier molecular flexibility index (Phi) is 4.10. The Bertz CT molecular complexity index is 529. The Morgan fingerprint density at radius 3 is 2.86 bits per heavy atom. The van der Waals surface area contributed by atoms with Crippen LogP contribution in [0.3, 0.4) is 0 Å². The van der Waals surface area contributed by atoms with Gasteiger partial charge in [-0.15, -0.1) is 0 Å². The number of phenols is 1. The van der Waals surface area contributed by atoms with Gasteiger partial charge >= 0.3 is 0 Å². The first-order chi connectivity index (χ1) is 10.2. The Hall–Kier alpha value is -1.62. The minimum atomic E-state index is -0.649. The summed E-state index contributed by atoms with van der Waals surface area (Å²) in [7, 11) is 0. The maximum absolute atomic E-state index is 13.9. The molecule has 0 aliphatic carbocycles. The molecule has 2 aliphatic heterocycles. The van der Waals surface area contributed by atoms with Crippen molar-refractivity contribution >= 4 is 5.91 Å². The van der Waals surface area contributed by atoms with Crippen LogP contribution in [0.15, 0.2) is 18.2 Å². The first-order valence-corrected chi connectivity index (χ1v) is 7.69. The van der Waals surface area contributed by atoms with Gasteiger partial charge < -0.3 is 15.3 Å². The molecule has 0 saturated carbocycles. The molecule has 1 aromatic rings. The fourth-order valence-corrected chi connectivity index (χ4v) is 3.50. The number of hydrogen-bond donors (Lipinski definition) is 2. The van der Waals surface area contributed by atoms with Crippen molar-refractivity contribution in [1.82, 2.24) is 10.2 Å². The van der Waals surface area contributed by atoms with Crippen LogP contribution >= 0.6 is 0 Å². The van der Waals surface area contributed by atoms with Crippen molar-refractivity contribution in [3.8, 4) is 5.75 Å². The summed E-state index contributed by atoms with van der Waals surface area (Å²) in [4.78, 5) is 14.5. The second-order valence-electron chi connectivity index (χ2n) is 5.93. The molecule has 1 aromatic carbocycles. The molecule has 1 amide bonds. The standard InChI is InChI=1S/C16H21FN2O2/c17-13-10-11(20)6-7-12(13)16(21)19-9-2-1-5-15(19)14-4-3-8-18-14/h6-7,10,14-15,18,20H,1-5,8-9H2. The fraction of sp³-hybridized carbons (Fsp3) is 0.562. The third kappa shape index (κ3) is 2.88. The summed E-state index contributed by atoms with van der Waals surface area (Å²) in [5.74, 6) is -1.06. The van der Waals surface area contributed by atoms with Crippen LogP contribution in [0.1, 0.15) is 42.5 Å². The molecule has 21 heavy (non-hydrogen) atoms. The first-order valence-electron chi connectivity index (χ1n) is 7.69. The van der Waals surface area contributed by atoms with Crippen LogP contribution in [0.25, 0.3) is 0 Å². The van der Waals surface area contributed by atoms with Crippen LogP contribution < -0.4 is 5.32 Å². The van der Waals surface area contributed by atoms with Gasteiger partial charge in [0.05, 0.1) is 5.56 Å². The maximum Gasteiger partial charge on any atom is 0.257 e. The average Bonchev–Trinajstić information content (AvgIpc) is 3.01. The molecular formula is C16H21FN2O2. The van der Waals surface area contributed by atoms with Crippen LogP contribution in [0.4, 0.5) is 4.39 Å². The summed E-state index contributed by atoms with van der Waals surface area (Å²) in [6.07, 6.45) is 5.27. The molecule has 2 atom stereocenters. The molecule has 0 spiro atoms. The number of rotatable bonds is 2. The monoisotopic (exact) mass is 292 g/mol. The molecule has 5 heteroatoms.